The molecule has 1 amide bonds. The lowest BCUT2D eigenvalue weighted by Crippen LogP contribution is -2.38. The smallest absolute Gasteiger partial charge is 0.404 e. The van der Waals surface area contributed by atoms with E-state index in [0.29, 0.717) is 5.92 Å². The van der Waals surface area contributed by atoms with Gasteiger partial charge in [-0.25, -0.2) is 4.79 Å². The van der Waals surface area contributed by atoms with Crippen molar-refractivity contribution in [3.05, 3.63) is 0 Å². The molecule has 0 aromatic heterocycles. The van der Waals surface area contributed by atoms with Crippen molar-refractivity contribution in [2.24, 2.45) is 10.3 Å². The fourth-order valence-electron chi connectivity index (χ4n) is 2.42. The Bertz CT molecular complexity index is 358. The second-order valence-electron chi connectivity index (χ2n) is 6.30. The van der Waals surface area contributed by atoms with E-state index in [0.717, 1.165) is 37.8 Å². The number of carbonyl (C=O) groups is 1. The molecule has 0 aliphatic heterocycles. The minimum absolute atomic E-state index is 0.0509. The average Bonchev–Trinajstić information content (AvgIpc) is 2.35. The number of carboxylic acid groups (broad SMARTS) is 1. The fraction of sp³-hybridized carbons (Fsp3) is 0.857. The van der Waals surface area contributed by atoms with Crippen molar-refractivity contribution in [2.75, 3.05) is 0 Å². The summed E-state index contributed by atoms with van der Waals surface area (Å²) < 4.78 is 16.2. The van der Waals surface area contributed by atoms with Crippen molar-refractivity contribution in [2.45, 2.75) is 70.6 Å². The standard InChI is InChI=1S/C14H26N2O3S/c1-5-12(16-20(19)14(2,3)4)10-6-8-11(9-7-10)15-13(17)18/h10-11,15H,5-9H2,1-4H3,(H,17,18). The van der Waals surface area contributed by atoms with E-state index in [2.05, 4.69) is 9.71 Å². The monoisotopic (exact) mass is 302 g/mol. The molecule has 0 aromatic carbocycles. The lowest BCUT2D eigenvalue weighted by Gasteiger charge is -2.29. The van der Waals surface area contributed by atoms with Crippen LogP contribution in [0.4, 0.5) is 4.79 Å². The Kier molecular flexibility index (Phi) is 6.33. The van der Waals surface area contributed by atoms with Gasteiger partial charge < -0.3 is 15.0 Å². The van der Waals surface area contributed by atoms with Crippen molar-refractivity contribution in [1.82, 2.24) is 5.32 Å². The Labute approximate surface area is 124 Å². The van der Waals surface area contributed by atoms with E-state index in [9.17, 15) is 9.35 Å². The molecule has 0 radical (unpaired) electrons. The van der Waals surface area contributed by atoms with Gasteiger partial charge in [0.05, 0.1) is 5.71 Å². The van der Waals surface area contributed by atoms with E-state index >= 15 is 0 Å². The maximum Gasteiger partial charge on any atom is 0.404 e. The van der Waals surface area contributed by atoms with Crippen molar-refractivity contribution >= 4 is 23.2 Å². The second kappa shape index (κ2) is 7.31. The van der Waals surface area contributed by atoms with Crippen LogP contribution in [0, 0.1) is 5.92 Å². The maximum atomic E-state index is 12.1. The quantitative estimate of drug-likeness (QED) is 0.618. The maximum absolute atomic E-state index is 12.1. The third-order valence-electron chi connectivity index (χ3n) is 3.61. The van der Waals surface area contributed by atoms with Crippen molar-refractivity contribution < 1.29 is 14.5 Å². The van der Waals surface area contributed by atoms with Crippen LogP contribution < -0.4 is 5.32 Å². The highest BCUT2D eigenvalue weighted by Crippen LogP contribution is 2.28. The molecule has 2 N–H and O–H groups in total. The molecule has 1 aliphatic carbocycles. The van der Waals surface area contributed by atoms with Crippen LogP contribution in [0.3, 0.4) is 0 Å². The summed E-state index contributed by atoms with van der Waals surface area (Å²) in [6.07, 6.45) is 3.35. The highest BCUT2D eigenvalue weighted by atomic mass is 32.2. The van der Waals surface area contributed by atoms with Gasteiger partial charge in [-0.3, -0.25) is 0 Å². The third kappa shape index (κ3) is 5.32. The van der Waals surface area contributed by atoms with Crippen LogP contribution in [0.2, 0.25) is 0 Å². The lowest BCUT2D eigenvalue weighted by atomic mass is 9.82. The molecule has 1 atom stereocenters. The summed E-state index contributed by atoms with van der Waals surface area (Å²) in [4.78, 5) is 10.6. The molecule has 0 spiro atoms. The van der Waals surface area contributed by atoms with Gasteiger partial charge in [0.2, 0.25) is 0 Å². The fourth-order valence-corrected chi connectivity index (χ4v) is 3.18. The second-order valence-corrected chi connectivity index (χ2v) is 8.20. The first-order valence-corrected chi connectivity index (χ1v) is 8.33. The summed E-state index contributed by atoms with van der Waals surface area (Å²) >= 11 is -1.21. The summed E-state index contributed by atoms with van der Waals surface area (Å²) in [5.74, 6) is 0.346. The first-order valence-electron chi connectivity index (χ1n) is 7.23. The summed E-state index contributed by atoms with van der Waals surface area (Å²) in [5.41, 5.74) is 1.02. The molecule has 5 nitrogen and oxygen atoms in total. The molecule has 1 rings (SSSR count). The number of nitrogens with one attached hydrogen (secondary N) is 1. The number of amides is 1. The average molecular weight is 302 g/mol. The summed E-state index contributed by atoms with van der Waals surface area (Å²) in [6.45, 7) is 7.81. The minimum Gasteiger partial charge on any atom is -0.591 e. The Morgan fingerprint density at radius 2 is 1.90 bits per heavy atom. The van der Waals surface area contributed by atoms with E-state index < -0.39 is 17.5 Å². The van der Waals surface area contributed by atoms with Gasteiger partial charge >= 0.3 is 6.09 Å². The Morgan fingerprint density at radius 1 is 1.35 bits per heavy atom. The molecule has 0 aromatic rings. The topological polar surface area (TPSA) is 84.8 Å². The highest BCUT2D eigenvalue weighted by Gasteiger charge is 2.30. The van der Waals surface area contributed by atoms with E-state index in [1.54, 1.807) is 0 Å². The van der Waals surface area contributed by atoms with Gasteiger partial charge in [0, 0.05) is 12.0 Å². The summed E-state index contributed by atoms with van der Waals surface area (Å²) in [7, 11) is 0. The van der Waals surface area contributed by atoms with Gasteiger partial charge in [0.1, 0.15) is 16.1 Å². The zero-order chi connectivity index (χ0) is 15.3. The molecule has 1 aliphatic rings. The Hall–Kier alpha value is -0.750. The molecule has 1 saturated carbocycles. The number of rotatable bonds is 4. The molecule has 0 saturated heterocycles. The van der Waals surface area contributed by atoms with Gasteiger partial charge in [-0.15, -0.1) is 0 Å². The predicted molar refractivity (Wildman–Crippen MR) is 82.5 cm³/mol. The third-order valence-corrected chi connectivity index (χ3v) is 5.06. The van der Waals surface area contributed by atoms with E-state index in [4.69, 9.17) is 5.11 Å². The lowest BCUT2D eigenvalue weighted by molar-refractivity contribution is 0.184. The zero-order valence-electron chi connectivity index (χ0n) is 12.8. The summed E-state index contributed by atoms with van der Waals surface area (Å²) in [6, 6.07) is 0.0509. The molecule has 1 unspecified atom stereocenters. The van der Waals surface area contributed by atoms with Gasteiger partial charge in [-0.05, 0) is 52.9 Å². The van der Waals surface area contributed by atoms with Gasteiger partial charge in [-0.1, -0.05) is 11.3 Å². The first kappa shape index (κ1) is 17.3. The Balaban J connectivity index is 2.61. The van der Waals surface area contributed by atoms with E-state index in [1.165, 1.54) is 0 Å². The molecular formula is C14H26N2O3S. The number of nitrogens with zero attached hydrogens (tertiary/aromatic N) is 1. The molecule has 20 heavy (non-hydrogen) atoms. The van der Waals surface area contributed by atoms with Gasteiger partial charge in [-0.2, -0.15) is 0 Å². The Morgan fingerprint density at radius 3 is 2.30 bits per heavy atom. The number of hydrogen-bond donors (Lipinski definition) is 2. The van der Waals surface area contributed by atoms with Crippen molar-refractivity contribution in [1.29, 1.82) is 0 Å². The predicted octanol–water partition coefficient (Wildman–Crippen LogP) is 3.13. The van der Waals surface area contributed by atoms with Crippen LogP contribution in [-0.2, 0) is 11.4 Å². The zero-order valence-corrected chi connectivity index (χ0v) is 13.6. The molecule has 6 heteroatoms. The van der Waals surface area contributed by atoms with E-state index in [-0.39, 0.29) is 10.8 Å². The number of hydrogen-bond acceptors (Lipinski definition) is 3. The van der Waals surface area contributed by atoms with Gasteiger partial charge in [0.15, 0.2) is 0 Å². The van der Waals surface area contributed by atoms with Gasteiger partial charge in [0.25, 0.3) is 0 Å². The molecule has 116 valence electrons. The molecule has 1 fully saturated rings. The van der Waals surface area contributed by atoms with Crippen molar-refractivity contribution in [3.63, 3.8) is 0 Å². The van der Waals surface area contributed by atoms with Crippen LogP contribution in [-0.4, -0.2) is 32.3 Å². The normalized spacial score (nSPS) is 26.1. The van der Waals surface area contributed by atoms with E-state index in [1.807, 2.05) is 27.7 Å². The SMILES string of the molecule is CCC(=N[S+]([O-])C(C)(C)C)C1CCC(NC(=O)O)CC1. The minimum atomic E-state index is -1.21. The highest BCUT2D eigenvalue weighted by molar-refractivity contribution is 7.91. The van der Waals surface area contributed by atoms with Crippen LogP contribution in [0.1, 0.15) is 59.8 Å². The molecule has 0 heterocycles. The van der Waals surface area contributed by atoms with Crippen molar-refractivity contribution in [3.8, 4) is 0 Å². The van der Waals surface area contributed by atoms with Crippen LogP contribution in [0.25, 0.3) is 0 Å². The van der Waals surface area contributed by atoms with Crippen LogP contribution in [0.15, 0.2) is 4.40 Å². The van der Waals surface area contributed by atoms with Crippen LogP contribution in [0.5, 0.6) is 0 Å². The molecule has 0 bridgehead atoms. The van der Waals surface area contributed by atoms with Crippen LogP contribution >= 0.6 is 0 Å². The first-order chi connectivity index (χ1) is 9.24. The largest absolute Gasteiger partial charge is 0.591 e. The summed E-state index contributed by atoms with van der Waals surface area (Å²) in [5, 5.41) is 11.3. The molecular weight excluding hydrogens is 276 g/mol.